The molecule has 3 rings (SSSR count). The van der Waals surface area contributed by atoms with E-state index in [-0.39, 0.29) is 16.6 Å². The highest BCUT2D eigenvalue weighted by Crippen LogP contribution is 2.30. The average Bonchev–Trinajstić information content (AvgIpc) is 2.91. The van der Waals surface area contributed by atoms with Gasteiger partial charge in [-0.1, -0.05) is 11.6 Å². The Morgan fingerprint density at radius 1 is 1.38 bits per heavy atom. The molecule has 0 spiro atoms. The van der Waals surface area contributed by atoms with E-state index in [1.807, 2.05) is 10.7 Å². The normalized spacial score (nSPS) is 14.5. The topological polar surface area (TPSA) is 65.6 Å². The van der Waals surface area contributed by atoms with Gasteiger partial charge >= 0.3 is 10.8 Å². The molecule has 24 heavy (non-hydrogen) atoms. The maximum absolute atomic E-state index is 12.0. The number of nitrogens with zero attached hydrogens (tertiary/aromatic N) is 3. The minimum absolute atomic E-state index is 0.0164. The van der Waals surface area contributed by atoms with Gasteiger partial charge in [-0.05, 0) is 42.4 Å². The van der Waals surface area contributed by atoms with Crippen LogP contribution in [0.5, 0.6) is 0 Å². The number of carbonyl (C=O) groups excluding carboxylic acids is 1. The Bertz CT molecular complexity index is 885. The Morgan fingerprint density at radius 3 is 2.88 bits per heavy atom. The third kappa shape index (κ3) is 3.76. The quantitative estimate of drug-likeness (QED) is 0.599. The van der Waals surface area contributed by atoms with Crippen LogP contribution in [0.15, 0.2) is 32.9 Å². The van der Waals surface area contributed by atoms with Crippen molar-refractivity contribution in [1.82, 2.24) is 9.36 Å². The Labute approximate surface area is 151 Å². The van der Waals surface area contributed by atoms with Crippen LogP contribution >= 0.6 is 34.7 Å². The first-order chi connectivity index (χ1) is 11.6. The maximum Gasteiger partial charge on any atom is 0.325 e. The summed E-state index contributed by atoms with van der Waals surface area (Å²) >= 11 is 8.62. The van der Waals surface area contributed by atoms with Gasteiger partial charge in [0, 0.05) is 18.0 Å². The van der Waals surface area contributed by atoms with Crippen molar-refractivity contribution in [2.24, 2.45) is 4.99 Å². The number of thioether (sulfide) groups is 1. The van der Waals surface area contributed by atoms with Crippen molar-refractivity contribution < 1.29 is 9.53 Å². The van der Waals surface area contributed by atoms with Gasteiger partial charge in [0.2, 0.25) is 4.80 Å². The number of carbonyl (C=O) groups is 1. The van der Waals surface area contributed by atoms with Gasteiger partial charge in [0.25, 0.3) is 0 Å². The van der Waals surface area contributed by atoms with Crippen LogP contribution in [0.4, 0.5) is 5.69 Å². The van der Waals surface area contributed by atoms with E-state index >= 15 is 0 Å². The first kappa shape index (κ1) is 17.3. The number of methoxy groups -OCH3 is 1. The van der Waals surface area contributed by atoms with E-state index in [4.69, 9.17) is 11.6 Å². The highest BCUT2D eigenvalue weighted by atomic mass is 35.5. The molecule has 128 valence electrons. The van der Waals surface area contributed by atoms with Gasteiger partial charge in [0.1, 0.15) is 0 Å². The molecule has 0 saturated heterocycles. The monoisotopic (exact) mass is 385 g/mol. The predicted molar refractivity (Wildman–Crippen MR) is 95.2 cm³/mol. The number of hydrogen-bond acceptors (Lipinski definition) is 6. The predicted octanol–water partition coefficient (Wildman–Crippen LogP) is 2.66. The zero-order chi connectivity index (χ0) is 17.1. The van der Waals surface area contributed by atoms with Crippen LogP contribution in [0, 0.1) is 0 Å². The molecular formula is C15H16ClN3O3S2. The van der Waals surface area contributed by atoms with Gasteiger partial charge < -0.3 is 4.74 Å². The lowest BCUT2D eigenvalue weighted by atomic mass is 10.3. The van der Waals surface area contributed by atoms with Crippen molar-refractivity contribution in [1.29, 1.82) is 0 Å². The standard InChI is InChI=1S/C15H16ClN3O3S2/c1-22-13(20)9-23-12-8-10(4-5-11(12)16)17-14-18-6-2-3-7-19(18)15(21)24-14/h4-5,8H,2-3,6-7,9H2,1H3/b17-14-. The fourth-order valence-electron chi connectivity index (χ4n) is 2.40. The molecule has 2 aromatic rings. The van der Waals surface area contributed by atoms with E-state index in [0.29, 0.717) is 15.5 Å². The second-order valence-electron chi connectivity index (χ2n) is 5.20. The fraction of sp³-hybridized carbons (Fsp3) is 0.400. The Morgan fingerprint density at radius 2 is 2.12 bits per heavy atom. The molecule has 0 atom stereocenters. The second kappa shape index (κ2) is 7.58. The summed E-state index contributed by atoms with van der Waals surface area (Å²) in [4.78, 5) is 29.4. The van der Waals surface area contributed by atoms with E-state index in [9.17, 15) is 9.59 Å². The second-order valence-corrected chi connectivity index (χ2v) is 7.54. The number of aromatic nitrogens is 2. The smallest absolute Gasteiger partial charge is 0.325 e. The van der Waals surface area contributed by atoms with Gasteiger partial charge in [-0.15, -0.1) is 11.8 Å². The zero-order valence-electron chi connectivity index (χ0n) is 13.0. The molecule has 9 heteroatoms. The summed E-state index contributed by atoms with van der Waals surface area (Å²) in [5.74, 6) is -0.127. The van der Waals surface area contributed by atoms with Crippen molar-refractivity contribution in [2.45, 2.75) is 30.8 Å². The van der Waals surface area contributed by atoms with Gasteiger partial charge in [-0.25, -0.2) is 9.67 Å². The number of hydrogen-bond donors (Lipinski definition) is 0. The van der Waals surface area contributed by atoms with E-state index in [1.165, 1.54) is 18.9 Å². The lowest BCUT2D eigenvalue weighted by molar-refractivity contribution is -0.137. The van der Waals surface area contributed by atoms with Crippen LogP contribution in [0.3, 0.4) is 0 Å². The summed E-state index contributed by atoms with van der Waals surface area (Å²) in [6.07, 6.45) is 2.07. The number of benzene rings is 1. The molecule has 0 amide bonds. The Kier molecular flexibility index (Phi) is 5.47. The summed E-state index contributed by atoms with van der Waals surface area (Å²) in [6, 6.07) is 5.37. The molecule has 0 saturated carbocycles. The van der Waals surface area contributed by atoms with Gasteiger partial charge in [-0.2, -0.15) is 0 Å². The van der Waals surface area contributed by atoms with Crippen LogP contribution in [0.25, 0.3) is 0 Å². The third-order valence-corrected chi connectivity index (χ3v) is 5.94. The first-order valence-corrected chi connectivity index (χ1v) is 9.61. The largest absolute Gasteiger partial charge is 0.468 e. The molecule has 1 aliphatic heterocycles. The van der Waals surface area contributed by atoms with Crippen molar-refractivity contribution >= 4 is 46.4 Å². The minimum Gasteiger partial charge on any atom is -0.468 e. The first-order valence-electron chi connectivity index (χ1n) is 7.43. The molecule has 1 aliphatic rings. The Balaban J connectivity index is 1.93. The molecule has 0 radical (unpaired) electrons. The average molecular weight is 386 g/mol. The molecule has 1 aromatic heterocycles. The molecular weight excluding hydrogens is 370 g/mol. The van der Waals surface area contributed by atoms with Crippen molar-refractivity contribution in [2.75, 3.05) is 12.9 Å². The van der Waals surface area contributed by atoms with Crippen LogP contribution in [0.1, 0.15) is 12.8 Å². The highest BCUT2D eigenvalue weighted by Gasteiger charge is 2.13. The molecule has 0 bridgehead atoms. The lowest BCUT2D eigenvalue weighted by Gasteiger charge is -2.15. The van der Waals surface area contributed by atoms with E-state index in [1.54, 1.807) is 16.8 Å². The number of halogens is 1. The highest BCUT2D eigenvalue weighted by molar-refractivity contribution is 8.00. The maximum atomic E-state index is 12.0. The molecule has 6 nitrogen and oxygen atoms in total. The summed E-state index contributed by atoms with van der Waals surface area (Å²) in [6.45, 7) is 1.54. The number of rotatable bonds is 4. The van der Waals surface area contributed by atoms with Crippen LogP contribution < -0.4 is 9.67 Å². The SMILES string of the molecule is COC(=O)CSc1cc(/N=c2\sc(=O)n3n2CCCC3)ccc1Cl. The van der Waals surface area contributed by atoms with E-state index in [0.717, 1.165) is 42.2 Å². The van der Waals surface area contributed by atoms with Gasteiger partial charge in [-0.3, -0.25) is 14.3 Å². The zero-order valence-corrected chi connectivity index (χ0v) is 15.4. The molecule has 0 fully saturated rings. The van der Waals surface area contributed by atoms with Crippen LogP contribution in [-0.2, 0) is 22.6 Å². The molecule has 0 unspecified atom stereocenters. The van der Waals surface area contributed by atoms with Gasteiger partial charge in [0.05, 0.1) is 23.6 Å². The summed E-state index contributed by atoms with van der Waals surface area (Å²) in [5.41, 5.74) is 0.703. The summed E-state index contributed by atoms with van der Waals surface area (Å²) in [7, 11) is 1.35. The fourth-order valence-corrected chi connectivity index (χ4v) is 4.38. The molecule has 0 aliphatic carbocycles. The number of esters is 1. The Hall–Kier alpha value is -1.51. The number of ether oxygens (including phenoxy) is 1. The van der Waals surface area contributed by atoms with Crippen molar-refractivity contribution in [3.63, 3.8) is 0 Å². The third-order valence-electron chi connectivity index (χ3n) is 3.60. The van der Waals surface area contributed by atoms with E-state index < -0.39 is 0 Å². The van der Waals surface area contributed by atoms with Crippen molar-refractivity contribution in [3.05, 3.63) is 37.7 Å². The molecule has 1 aromatic carbocycles. The lowest BCUT2D eigenvalue weighted by Crippen LogP contribution is -2.31. The van der Waals surface area contributed by atoms with Crippen LogP contribution in [0.2, 0.25) is 5.02 Å². The van der Waals surface area contributed by atoms with Crippen molar-refractivity contribution in [3.8, 4) is 0 Å². The van der Waals surface area contributed by atoms with Crippen LogP contribution in [-0.4, -0.2) is 28.2 Å². The van der Waals surface area contributed by atoms with E-state index in [2.05, 4.69) is 9.73 Å². The molecule has 0 N–H and O–H groups in total. The minimum atomic E-state index is -0.311. The molecule has 2 heterocycles. The summed E-state index contributed by atoms with van der Waals surface area (Å²) < 4.78 is 8.32. The summed E-state index contributed by atoms with van der Waals surface area (Å²) in [5, 5.41) is 0.558. The number of fused-ring (bicyclic) bond motifs is 1. The van der Waals surface area contributed by atoms with Gasteiger partial charge in [0.15, 0.2) is 0 Å².